The number of aromatic nitrogens is 3. The third kappa shape index (κ3) is 3.51. The van der Waals surface area contributed by atoms with Crippen LogP contribution in [0.1, 0.15) is 38.1 Å². The molecule has 1 aromatic carbocycles. The molecule has 19 heavy (non-hydrogen) atoms. The van der Waals surface area contributed by atoms with Crippen LogP contribution >= 0.6 is 23.4 Å². The van der Waals surface area contributed by atoms with E-state index < -0.39 is 0 Å². The van der Waals surface area contributed by atoms with Crippen LogP contribution in [0.25, 0.3) is 0 Å². The molecule has 0 bridgehead atoms. The molecule has 0 spiro atoms. The van der Waals surface area contributed by atoms with E-state index in [1.807, 2.05) is 24.3 Å². The topological polar surface area (TPSA) is 30.7 Å². The summed E-state index contributed by atoms with van der Waals surface area (Å²) in [5, 5.41) is 10.3. The van der Waals surface area contributed by atoms with E-state index >= 15 is 0 Å². The molecule has 0 unspecified atom stereocenters. The Morgan fingerprint density at radius 3 is 2.47 bits per heavy atom. The van der Waals surface area contributed by atoms with E-state index in [1.165, 1.54) is 5.56 Å². The van der Waals surface area contributed by atoms with Gasteiger partial charge in [0.05, 0.1) is 0 Å². The molecule has 2 aromatic rings. The predicted octanol–water partition coefficient (Wildman–Crippen LogP) is 4.37. The molecule has 1 heterocycles. The fourth-order valence-electron chi connectivity index (χ4n) is 1.86. The third-order valence-corrected chi connectivity index (χ3v) is 4.15. The van der Waals surface area contributed by atoms with E-state index in [-0.39, 0.29) is 0 Å². The van der Waals surface area contributed by atoms with Gasteiger partial charge in [0.15, 0.2) is 5.16 Å². The van der Waals surface area contributed by atoms with Gasteiger partial charge in [-0.25, -0.2) is 0 Å². The van der Waals surface area contributed by atoms with Crippen molar-refractivity contribution in [3.63, 3.8) is 0 Å². The highest BCUT2D eigenvalue weighted by molar-refractivity contribution is 7.98. The van der Waals surface area contributed by atoms with Crippen LogP contribution in [-0.2, 0) is 12.3 Å². The van der Waals surface area contributed by atoms with Crippen LogP contribution in [-0.4, -0.2) is 14.8 Å². The molecule has 2 rings (SSSR count). The number of nitrogens with zero attached hydrogens (tertiary/aromatic N) is 3. The molecule has 3 nitrogen and oxygen atoms in total. The van der Waals surface area contributed by atoms with E-state index in [9.17, 15) is 0 Å². The zero-order valence-corrected chi connectivity index (χ0v) is 13.0. The maximum Gasteiger partial charge on any atom is 0.191 e. The van der Waals surface area contributed by atoms with Gasteiger partial charge in [-0.05, 0) is 24.6 Å². The average Bonchev–Trinajstić information content (AvgIpc) is 2.81. The highest BCUT2D eigenvalue weighted by Gasteiger charge is 2.13. The Hall–Kier alpha value is -1.00. The number of thioether (sulfide) groups is 1. The van der Waals surface area contributed by atoms with Gasteiger partial charge in [-0.15, -0.1) is 10.2 Å². The summed E-state index contributed by atoms with van der Waals surface area (Å²) in [4.78, 5) is 0. The molecule has 0 fully saturated rings. The first kappa shape index (κ1) is 14.4. The van der Waals surface area contributed by atoms with Crippen LogP contribution in [0.3, 0.4) is 0 Å². The summed E-state index contributed by atoms with van der Waals surface area (Å²) in [6.07, 6.45) is 0. The minimum absolute atomic E-state index is 0.400. The largest absolute Gasteiger partial charge is 0.306 e. The fraction of sp³-hybridized carbons (Fsp3) is 0.429. The summed E-state index contributed by atoms with van der Waals surface area (Å²) in [6, 6.07) is 7.93. The lowest BCUT2D eigenvalue weighted by Crippen LogP contribution is -2.04. The van der Waals surface area contributed by atoms with Crippen LogP contribution in [0.5, 0.6) is 0 Å². The Kier molecular flexibility index (Phi) is 4.88. The Labute approximate surface area is 123 Å². The van der Waals surface area contributed by atoms with E-state index in [2.05, 4.69) is 35.5 Å². The van der Waals surface area contributed by atoms with Gasteiger partial charge in [0, 0.05) is 23.2 Å². The SMILES string of the molecule is CCn1c(SCc2ccc(Cl)cc2)nnc1C(C)C. The minimum atomic E-state index is 0.400. The van der Waals surface area contributed by atoms with Crippen molar-refractivity contribution in [2.24, 2.45) is 0 Å². The number of rotatable bonds is 5. The van der Waals surface area contributed by atoms with Gasteiger partial charge >= 0.3 is 0 Å². The Balaban J connectivity index is 2.09. The molecule has 0 amide bonds. The monoisotopic (exact) mass is 295 g/mol. The standard InChI is InChI=1S/C14H18ClN3S/c1-4-18-13(10(2)3)16-17-14(18)19-9-11-5-7-12(15)8-6-11/h5-8,10H,4,9H2,1-3H3. The van der Waals surface area contributed by atoms with Crippen molar-refractivity contribution >= 4 is 23.4 Å². The summed E-state index contributed by atoms with van der Waals surface area (Å²) in [5.74, 6) is 2.34. The molecule has 0 N–H and O–H groups in total. The highest BCUT2D eigenvalue weighted by atomic mass is 35.5. The zero-order chi connectivity index (χ0) is 13.8. The maximum absolute atomic E-state index is 5.88. The molecule has 0 saturated carbocycles. The first-order chi connectivity index (χ1) is 9.11. The van der Waals surface area contributed by atoms with Gasteiger partial charge in [0.1, 0.15) is 5.82 Å². The smallest absolute Gasteiger partial charge is 0.191 e. The minimum Gasteiger partial charge on any atom is -0.306 e. The van der Waals surface area contributed by atoms with Crippen molar-refractivity contribution in [1.29, 1.82) is 0 Å². The van der Waals surface area contributed by atoms with E-state index in [0.29, 0.717) is 5.92 Å². The normalized spacial score (nSPS) is 11.2. The van der Waals surface area contributed by atoms with Crippen molar-refractivity contribution < 1.29 is 0 Å². The van der Waals surface area contributed by atoms with Gasteiger partial charge in [0.2, 0.25) is 0 Å². The molecule has 102 valence electrons. The quantitative estimate of drug-likeness (QED) is 0.768. The maximum atomic E-state index is 5.88. The summed E-state index contributed by atoms with van der Waals surface area (Å²) in [7, 11) is 0. The van der Waals surface area contributed by atoms with Crippen molar-refractivity contribution in [3.8, 4) is 0 Å². The summed E-state index contributed by atoms with van der Waals surface area (Å²) < 4.78 is 2.19. The molecule has 0 aliphatic heterocycles. The predicted molar refractivity (Wildman–Crippen MR) is 80.8 cm³/mol. The van der Waals surface area contributed by atoms with Gasteiger partial charge < -0.3 is 4.57 Å². The van der Waals surface area contributed by atoms with E-state index in [1.54, 1.807) is 11.8 Å². The third-order valence-electron chi connectivity index (χ3n) is 2.86. The van der Waals surface area contributed by atoms with Crippen LogP contribution in [0.4, 0.5) is 0 Å². The van der Waals surface area contributed by atoms with Crippen LogP contribution in [0.15, 0.2) is 29.4 Å². The molecular formula is C14H18ClN3S. The van der Waals surface area contributed by atoms with Gasteiger partial charge in [0.25, 0.3) is 0 Å². The van der Waals surface area contributed by atoms with Crippen LogP contribution in [0, 0.1) is 0 Å². The molecule has 0 saturated heterocycles. The lowest BCUT2D eigenvalue weighted by atomic mass is 10.2. The molecule has 0 atom stereocenters. The van der Waals surface area contributed by atoms with Gasteiger partial charge in [-0.3, -0.25) is 0 Å². The molecule has 1 aromatic heterocycles. The number of halogens is 1. The molecular weight excluding hydrogens is 278 g/mol. The molecule has 0 aliphatic carbocycles. The molecule has 0 radical (unpaired) electrons. The number of benzene rings is 1. The molecule has 5 heteroatoms. The number of hydrogen-bond donors (Lipinski definition) is 0. The summed E-state index contributed by atoms with van der Waals surface area (Å²) in [5.41, 5.74) is 1.24. The Bertz CT molecular complexity index is 534. The Morgan fingerprint density at radius 2 is 1.89 bits per heavy atom. The van der Waals surface area contributed by atoms with Crippen molar-refractivity contribution in [2.45, 2.75) is 44.1 Å². The van der Waals surface area contributed by atoms with E-state index in [4.69, 9.17) is 11.6 Å². The average molecular weight is 296 g/mol. The lowest BCUT2D eigenvalue weighted by Gasteiger charge is -2.09. The first-order valence-corrected chi connectivity index (χ1v) is 7.78. The zero-order valence-electron chi connectivity index (χ0n) is 11.4. The van der Waals surface area contributed by atoms with E-state index in [0.717, 1.165) is 28.3 Å². The van der Waals surface area contributed by atoms with Crippen molar-refractivity contribution in [2.75, 3.05) is 0 Å². The summed E-state index contributed by atoms with van der Waals surface area (Å²) >= 11 is 7.60. The second kappa shape index (κ2) is 6.44. The first-order valence-electron chi connectivity index (χ1n) is 6.42. The second-order valence-electron chi connectivity index (χ2n) is 4.65. The van der Waals surface area contributed by atoms with Gasteiger partial charge in [-0.1, -0.05) is 49.3 Å². The number of hydrogen-bond acceptors (Lipinski definition) is 3. The van der Waals surface area contributed by atoms with Crippen molar-refractivity contribution in [3.05, 3.63) is 40.7 Å². The highest BCUT2D eigenvalue weighted by Crippen LogP contribution is 2.24. The fourth-order valence-corrected chi connectivity index (χ4v) is 2.95. The Morgan fingerprint density at radius 1 is 1.21 bits per heavy atom. The molecule has 0 aliphatic rings. The van der Waals surface area contributed by atoms with Crippen LogP contribution in [0.2, 0.25) is 5.02 Å². The van der Waals surface area contributed by atoms with Crippen LogP contribution < -0.4 is 0 Å². The second-order valence-corrected chi connectivity index (χ2v) is 6.03. The van der Waals surface area contributed by atoms with Crippen molar-refractivity contribution in [1.82, 2.24) is 14.8 Å². The summed E-state index contributed by atoms with van der Waals surface area (Å²) in [6.45, 7) is 7.32. The van der Waals surface area contributed by atoms with Gasteiger partial charge in [-0.2, -0.15) is 0 Å². The lowest BCUT2D eigenvalue weighted by molar-refractivity contribution is 0.613.